The summed E-state index contributed by atoms with van der Waals surface area (Å²) in [4.78, 5) is 15.6. The second kappa shape index (κ2) is 8.58. The molecule has 0 bridgehead atoms. The van der Waals surface area contributed by atoms with E-state index in [1.54, 1.807) is 0 Å². The van der Waals surface area contributed by atoms with Gasteiger partial charge in [0.15, 0.2) is 5.82 Å². The highest BCUT2D eigenvalue weighted by atomic mass is 32.1. The number of nitrogens with zero attached hydrogens (tertiary/aromatic N) is 3. The lowest BCUT2D eigenvalue weighted by Gasteiger charge is -2.11. The van der Waals surface area contributed by atoms with Gasteiger partial charge in [-0.1, -0.05) is 6.58 Å². The normalized spacial score (nSPS) is 16.0. The summed E-state index contributed by atoms with van der Waals surface area (Å²) >= 11 is 1.85. The van der Waals surface area contributed by atoms with Gasteiger partial charge in [0.1, 0.15) is 6.61 Å². The van der Waals surface area contributed by atoms with Crippen molar-refractivity contribution in [2.75, 3.05) is 18.5 Å². The van der Waals surface area contributed by atoms with Crippen molar-refractivity contribution in [1.29, 1.82) is 0 Å². The van der Waals surface area contributed by atoms with E-state index in [1.165, 1.54) is 20.7 Å². The number of rotatable bonds is 5. The van der Waals surface area contributed by atoms with Crippen molar-refractivity contribution in [2.24, 2.45) is 0 Å². The highest BCUT2D eigenvalue weighted by Gasteiger charge is 2.19. The third kappa shape index (κ3) is 3.88. The number of hydrogen-bond acceptors (Lipinski definition) is 7. The number of nitrogens with one attached hydrogen (secondary N) is 2. The van der Waals surface area contributed by atoms with E-state index in [1.807, 2.05) is 31.3 Å². The quantitative estimate of drug-likeness (QED) is 0.430. The smallest absolute Gasteiger partial charge is 0.155 e. The molecule has 6 nitrogen and oxygen atoms in total. The van der Waals surface area contributed by atoms with Crippen LogP contribution in [0.5, 0.6) is 0 Å². The summed E-state index contributed by atoms with van der Waals surface area (Å²) in [5.41, 5.74) is 5.52. The number of hydrogen-bond donors (Lipinski definition) is 2. The van der Waals surface area contributed by atoms with Gasteiger partial charge in [-0.3, -0.25) is 0 Å². The Bertz CT molecular complexity index is 1330. The van der Waals surface area contributed by atoms with E-state index in [0.717, 1.165) is 46.6 Å². The predicted molar refractivity (Wildman–Crippen MR) is 133 cm³/mol. The molecule has 164 valence electrons. The van der Waals surface area contributed by atoms with Crippen LogP contribution in [0.15, 0.2) is 36.9 Å². The first kappa shape index (κ1) is 21.0. The van der Waals surface area contributed by atoms with E-state index in [4.69, 9.17) is 14.7 Å². The fraction of sp³-hybridized carbons (Fsp3) is 0.320. The molecule has 1 aliphatic rings. The molecule has 1 atom stereocenters. The molecule has 0 aliphatic carbocycles. The molecular formula is C25H27N5OS. The summed E-state index contributed by atoms with van der Waals surface area (Å²) in [5, 5.41) is 9.66. The Labute approximate surface area is 191 Å². The zero-order valence-corrected chi connectivity index (χ0v) is 19.5. The lowest BCUT2D eigenvalue weighted by atomic mass is 10.1. The Balaban J connectivity index is 1.62. The first-order chi connectivity index (χ1) is 15.5. The average molecular weight is 446 g/mol. The third-order valence-corrected chi connectivity index (χ3v) is 6.85. The van der Waals surface area contributed by atoms with Crippen LogP contribution in [0.3, 0.4) is 0 Å². The van der Waals surface area contributed by atoms with Crippen LogP contribution in [-0.2, 0) is 17.9 Å². The Hall–Kier alpha value is -2.87. The number of pyridine rings is 1. The van der Waals surface area contributed by atoms with E-state index in [2.05, 4.69) is 53.4 Å². The van der Waals surface area contributed by atoms with Crippen LogP contribution in [-0.4, -0.2) is 34.1 Å². The van der Waals surface area contributed by atoms with Gasteiger partial charge < -0.3 is 15.4 Å². The SMILES string of the molecule is C=C(C)c1cc(-c2ccc3c(ccc4sc5c(c43)NC[C@@H](C)NC5)n2)nc(COCC)n1. The number of ether oxygens (including phenoxy) is 1. The molecule has 5 rings (SSSR count). The highest BCUT2D eigenvalue weighted by Crippen LogP contribution is 2.41. The molecule has 32 heavy (non-hydrogen) atoms. The second-order valence-corrected chi connectivity index (χ2v) is 9.37. The largest absolute Gasteiger partial charge is 0.382 e. The van der Waals surface area contributed by atoms with E-state index < -0.39 is 0 Å². The van der Waals surface area contributed by atoms with Gasteiger partial charge in [0.2, 0.25) is 0 Å². The molecule has 0 spiro atoms. The molecule has 0 saturated heterocycles. The molecule has 0 saturated carbocycles. The van der Waals surface area contributed by atoms with E-state index in [0.29, 0.717) is 25.1 Å². The average Bonchev–Trinajstić information content (AvgIpc) is 3.07. The van der Waals surface area contributed by atoms with Crippen LogP contribution in [0.1, 0.15) is 37.2 Å². The van der Waals surface area contributed by atoms with Crippen LogP contribution in [0.2, 0.25) is 0 Å². The summed E-state index contributed by atoms with van der Waals surface area (Å²) in [6, 6.07) is 10.9. The zero-order valence-electron chi connectivity index (χ0n) is 18.7. The van der Waals surface area contributed by atoms with Crippen LogP contribution in [0.4, 0.5) is 5.69 Å². The Morgan fingerprint density at radius 3 is 2.88 bits per heavy atom. The second-order valence-electron chi connectivity index (χ2n) is 8.24. The van der Waals surface area contributed by atoms with Crippen LogP contribution in [0, 0.1) is 0 Å². The van der Waals surface area contributed by atoms with Gasteiger partial charge >= 0.3 is 0 Å². The maximum Gasteiger partial charge on any atom is 0.155 e. The van der Waals surface area contributed by atoms with Crippen LogP contribution >= 0.6 is 11.3 Å². The van der Waals surface area contributed by atoms with Gasteiger partial charge in [-0.2, -0.15) is 0 Å². The molecule has 2 N–H and O–H groups in total. The molecule has 0 unspecified atom stereocenters. The third-order valence-electron chi connectivity index (χ3n) is 5.70. The molecule has 4 aromatic rings. The number of anilines is 1. The molecule has 0 fully saturated rings. The molecule has 1 aliphatic heterocycles. The van der Waals surface area contributed by atoms with Gasteiger partial charge in [0.05, 0.1) is 28.3 Å². The minimum absolute atomic E-state index is 0.373. The monoisotopic (exact) mass is 445 g/mol. The van der Waals surface area contributed by atoms with Crippen molar-refractivity contribution in [3.8, 4) is 11.4 Å². The maximum atomic E-state index is 5.54. The Morgan fingerprint density at radius 2 is 2.06 bits per heavy atom. The first-order valence-corrected chi connectivity index (χ1v) is 11.8. The topological polar surface area (TPSA) is 72.0 Å². The standard InChI is InChI=1S/C25H27N5OS/c1-5-31-13-23-29-19(14(2)3)10-20(30-23)18-7-6-16-17(28-18)8-9-21-24(16)25-22(32-21)12-26-15(4)11-27-25/h6-10,15,26-27H,2,5,11-13H2,1,3-4H3/t15-/m1/s1. The van der Waals surface area contributed by atoms with Gasteiger partial charge in [0, 0.05) is 46.1 Å². The Kier molecular flexibility index (Phi) is 5.63. The summed E-state index contributed by atoms with van der Waals surface area (Å²) in [6.07, 6.45) is 0. The summed E-state index contributed by atoms with van der Waals surface area (Å²) < 4.78 is 6.82. The highest BCUT2D eigenvalue weighted by molar-refractivity contribution is 7.20. The van der Waals surface area contributed by atoms with Crippen molar-refractivity contribution in [1.82, 2.24) is 20.3 Å². The Morgan fingerprint density at radius 1 is 1.19 bits per heavy atom. The van der Waals surface area contributed by atoms with Gasteiger partial charge in [0.25, 0.3) is 0 Å². The lowest BCUT2D eigenvalue weighted by Crippen LogP contribution is -2.29. The molecule has 1 aromatic carbocycles. The first-order valence-electron chi connectivity index (χ1n) is 11.0. The molecule has 0 amide bonds. The van der Waals surface area contributed by atoms with Crippen molar-refractivity contribution >= 4 is 43.6 Å². The van der Waals surface area contributed by atoms with E-state index in [9.17, 15) is 0 Å². The van der Waals surface area contributed by atoms with Crippen LogP contribution in [0.25, 0.3) is 38.0 Å². The summed E-state index contributed by atoms with van der Waals surface area (Å²) in [6.45, 7) is 13.0. The lowest BCUT2D eigenvalue weighted by molar-refractivity contribution is 0.128. The minimum Gasteiger partial charge on any atom is -0.382 e. The van der Waals surface area contributed by atoms with Gasteiger partial charge in [-0.05, 0) is 56.7 Å². The zero-order chi connectivity index (χ0) is 22.2. The number of aromatic nitrogens is 3. The van der Waals surface area contributed by atoms with E-state index in [-0.39, 0.29) is 0 Å². The van der Waals surface area contributed by atoms with Crippen molar-refractivity contribution < 1.29 is 4.74 Å². The van der Waals surface area contributed by atoms with Crippen molar-refractivity contribution in [3.05, 3.63) is 53.3 Å². The summed E-state index contributed by atoms with van der Waals surface area (Å²) in [7, 11) is 0. The fourth-order valence-electron chi connectivity index (χ4n) is 4.00. The molecule has 0 radical (unpaired) electrons. The molecule has 3 aromatic heterocycles. The number of benzene rings is 1. The van der Waals surface area contributed by atoms with Gasteiger partial charge in [-0.25, -0.2) is 15.0 Å². The minimum atomic E-state index is 0.373. The van der Waals surface area contributed by atoms with E-state index >= 15 is 0 Å². The van der Waals surface area contributed by atoms with Gasteiger partial charge in [-0.15, -0.1) is 11.3 Å². The number of fused-ring (bicyclic) bond motifs is 5. The van der Waals surface area contributed by atoms with Crippen molar-refractivity contribution in [3.63, 3.8) is 0 Å². The summed E-state index contributed by atoms with van der Waals surface area (Å²) in [5.74, 6) is 0.647. The molecule has 7 heteroatoms. The molecular weight excluding hydrogens is 418 g/mol. The number of thiophene rings is 1. The maximum absolute atomic E-state index is 5.54. The van der Waals surface area contributed by atoms with Crippen molar-refractivity contribution in [2.45, 2.75) is 40.0 Å². The fourth-order valence-corrected chi connectivity index (χ4v) is 5.15. The predicted octanol–water partition coefficient (Wildman–Crippen LogP) is 5.38. The number of allylic oxidation sites excluding steroid dienone is 1. The van der Waals surface area contributed by atoms with Crippen LogP contribution < -0.4 is 10.6 Å². The molecule has 4 heterocycles.